The fourth-order valence-corrected chi connectivity index (χ4v) is 8.83. The van der Waals surface area contributed by atoms with Crippen LogP contribution in [0.2, 0.25) is 0 Å². The molecule has 3 unspecified atom stereocenters. The average Bonchev–Trinajstić information content (AvgIpc) is 3.36. The van der Waals surface area contributed by atoms with Crippen molar-refractivity contribution in [2.45, 2.75) is 258 Å². The Hall–Kier alpha value is -3.07. The van der Waals surface area contributed by atoms with Crippen molar-refractivity contribution in [2.24, 2.45) is 0 Å². The topological polar surface area (TPSA) is 114 Å². The second-order valence-electron chi connectivity index (χ2n) is 21.1. The molecule has 0 spiro atoms. The van der Waals surface area contributed by atoms with Gasteiger partial charge in [-0.15, -0.1) is 0 Å². The Bertz CT molecular complexity index is 1590. The maximum Gasteiger partial charge on any atom is 0.306 e. The lowest BCUT2D eigenvalue weighted by molar-refractivity contribution is -0.870. The second kappa shape index (κ2) is 53.3. The van der Waals surface area contributed by atoms with E-state index in [0.717, 1.165) is 109 Å². The highest BCUT2D eigenvalue weighted by atomic mass is 31.2. The van der Waals surface area contributed by atoms with Crippen molar-refractivity contribution in [3.8, 4) is 0 Å². The highest BCUT2D eigenvalue weighted by Gasteiger charge is 2.27. The summed E-state index contributed by atoms with van der Waals surface area (Å²) in [5.74, 6) is -0.594. The Morgan fingerprint density at radius 1 is 0.486 bits per heavy atom. The van der Waals surface area contributed by atoms with Crippen LogP contribution in [0, 0.1) is 0 Å². The summed E-state index contributed by atoms with van der Waals surface area (Å²) in [7, 11) is 1.15. The number of nitrogens with zero attached hydrogens (tertiary/aromatic N) is 1. The van der Waals surface area contributed by atoms with Crippen LogP contribution >= 0.6 is 7.82 Å². The Labute approximate surface area is 456 Å². The molecule has 0 heterocycles. The first-order valence-corrected chi connectivity index (χ1v) is 31.5. The van der Waals surface area contributed by atoms with Crippen LogP contribution in [0.5, 0.6) is 0 Å². The van der Waals surface area contributed by atoms with Crippen LogP contribution in [0.3, 0.4) is 0 Å². The molecule has 1 amide bonds. The van der Waals surface area contributed by atoms with Gasteiger partial charge in [0, 0.05) is 12.8 Å². The van der Waals surface area contributed by atoms with Crippen molar-refractivity contribution in [1.82, 2.24) is 5.32 Å². The molecule has 0 aliphatic heterocycles. The summed E-state index contributed by atoms with van der Waals surface area (Å²) in [5, 5.41) is 3.00. The molecule has 3 atom stereocenters. The van der Waals surface area contributed by atoms with Gasteiger partial charge in [0.2, 0.25) is 5.91 Å². The molecule has 426 valence electrons. The standard InChI is InChI=1S/C64H113N2O7P/c1-7-10-13-16-19-22-25-28-29-30-31-32-33-34-35-36-37-39-42-45-48-51-54-57-64(68)73-62(55-52-49-46-43-40-27-24-21-18-15-12-9-3)61(60-72-74(69,70)71-59-58-66(4,5)6)65-63(67)56-53-50-47-44-41-38-26-23-20-17-14-11-8-2/h10,13,19,22,28-29,31-32,34-35,37-39,41,52,55,61-62H,7-9,11-12,14-18,20-21,23-27,30,33,36,40,42-51,53-54,56-60H2,1-6H3,(H-,65,67,69,70)/b13-10-,22-19-,29-28-,32-31-,35-34-,39-37-,41-38-,55-52-. The fraction of sp³-hybridized carbons (Fsp3) is 0.719. The Balaban J connectivity index is 5.32. The molecule has 0 rings (SSSR count). The van der Waals surface area contributed by atoms with E-state index < -0.39 is 26.6 Å². The monoisotopic (exact) mass is 1050 g/mol. The molecule has 0 aliphatic rings. The zero-order valence-electron chi connectivity index (χ0n) is 48.5. The number of hydrogen-bond donors (Lipinski definition) is 1. The summed E-state index contributed by atoms with van der Waals surface area (Å²) >= 11 is 0. The minimum atomic E-state index is -4.71. The largest absolute Gasteiger partial charge is 0.756 e. The van der Waals surface area contributed by atoms with Gasteiger partial charge in [-0.05, 0) is 109 Å². The number of phosphoric ester groups is 1. The third-order valence-electron chi connectivity index (χ3n) is 12.7. The normalized spacial score (nSPS) is 14.4. The Kier molecular flexibility index (Phi) is 51.1. The molecule has 0 saturated carbocycles. The van der Waals surface area contributed by atoms with E-state index in [1.807, 2.05) is 33.3 Å². The van der Waals surface area contributed by atoms with E-state index in [9.17, 15) is 19.0 Å². The van der Waals surface area contributed by atoms with E-state index in [-0.39, 0.29) is 31.3 Å². The van der Waals surface area contributed by atoms with E-state index in [2.05, 4.69) is 111 Å². The summed E-state index contributed by atoms with van der Waals surface area (Å²) in [6.45, 7) is 6.68. The molecule has 10 heteroatoms. The molecule has 0 radical (unpaired) electrons. The number of likely N-dealkylation sites (N-methyl/N-ethyl adjacent to an activating group) is 1. The molecule has 0 bridgehead atoms. The van der Waals surface area contributed by atoms with Gasteiger partial charge in [-0.2, -0.15) is 0 Å². The van der Waals surface area contributed by atoms with Crippen molar-refractivity contribution < 1.29 is 37.3 Å². The van der Waals surface area contributed by atoms with Crippen LogP contribution < -0.4 is 10.2 Å². The molecule has 9 nitrogen and oxygen atoms in total. The number of allylic oxidation sites excluding steroid dienone is 15. The molecule has 0 aromatic rings. The van der Waals surface area contributed by atoms with Crippen LogP contribution in [0.1, 0.15) is 245 Å². The molecule has 0 aromatic carbocycles. The van der Waals surface area contributed by atoms with E-state index in [1.165, 1.54) is 89.9 Å². The van der Waals surface area contributed by atoms with Crippen LogP contribution in [0.4, 0.5) is 0 Å². The number of phosphoric acid groups is 1. The molecule has 0 fully saturated rings. The van der Waals surface area contributed by atoms with Crippen LogP contribution in [-0.4, -0.2) is 69.4 Å². The molecule has 1 N–H and O–H groups in total. The molecule has 0 aromatic heterocycles. The number of unbranched alkanes of at least 4 members (excludes halogenated alkanes) is 23. The van der Waals surface area contributed by atoms with Gasteiger partial charge in [-0.3, -0.25) is 14.2 Å². The molecule has 0 saturated heterocycles. The Morgan fingerprint density at radius 2 is 0.865 bits per heavy atom. The number of carbonyl (C=O) groups excluding carboxylic acids is 2. The first-order valence-electron chi connectivity index (χ1n) is 30.0. The summed E-state index contributed by atoms with van der Waals surface area (Å²) in [6, 6.07) is -0.911. The number of carbonyl (C=O) groups is 2. The number of rotatable bonds is 53. The van der Waals surface area contributed by atoms with Crippen molar-refractivity contribution in [3.05, 3.63) is 97.2 Å². The van der Waals surface area contributed by atoms with Gasteiger partial charge >= 0.3 is 5.97 Å². The third-order valence-corrected chi connectivity index (χ3v) is 13.7. The maximum absolute atomic E-state index is 13.5. The number of amides is 1. The molecular weight excluding hydrogens is 940 g/mol. The molecule has 74 heavy (non-hydrogen) atoms. The maximum atomic E-state index is 13.5. The first kappa shape index (κ1) is 70.9. The number of quaternary nitrogens is 1. The van der Waals surface area contributed by atoms with Crippen molar-refractivity contribution in [2.75, 3.05) is 40.9 Å². The first-order chi connectivity index (χ1) is 35.9. The highest BCUT2D eigenvalue weighted by Crippen LogP contribution is 2.38. The number of nitrogens with one attached hydrogen (secondary N) is 1. The predicted octanol–water partition coefficient (Wildman–Crippen LogP) is 17.8. The van der Waals surface area contributed by atoms with Gasteiger partial charge in [-0.1, -0.05) is 221 Å². The SMILES string of the molecule is CC/C=C\C/C=C\C/C=C\C/C=C\C/C=C\C/C=C\CCCCCCC(=O)OC(/C=C\CCCCCCCCCCCC)C(COP(=O)([O-])OCC[N+](C)(C)C)NC(=O)CCCCC/C=C\CCCCCCCC. The summed E-state index contributed by atoms with van der Waals surface area (Å²) in [6.07, 6.45) is 70.9. The van der Waals surface area contributed by atoms with E-state index in [1.54, 1.807) is 0 Å². The fourth-order valence-electron chi connectivity index (χ4n) is 8.11. The van der Waals surface area contributed by atoms with Crippen molar-refractivity contribution >= 4 is 19.7 Å². The zero-order valence-corrected chi connectivity index (χ0v) is 49.4. The lowest BCUT2D eigenvalue weighted by atomic mass is 10.1. The van der Waals surface area contributed by atoms with E-state index in [4.69, 9.17) is 13.8 Å². The quantitative estimate of drug-likeness (QED) is 0.0212. The number of esters is 1. The number of ether oxygens (including phenoxy) is 1. The van der Waals surface area contributed by atoms with E-state index >= 15 is 0 Å². The minimum absolute atomic E-state index is 0.0336. The summed E-state index contributed by atoms with van der Waals surface area (Å²) in [4.78, 5) is 39.9. The van der Waals surface area contributed by atoms with E-state index in [0.29, 0.717) is 23.9 Å². The minimum Gasteiger partial charge on any atom is -0.756 e. The summed E-state index contributed by atoms with van der Waals surface area (Å²) < 4.78 is 30.2. The molecule has 0 aliphatic carbocycles. The van der Waals surface area contributed by atoms with Gasteiger partial charge in [-0.25, -0.2) is 0 Å². The van der Waals surface area contributed by atoms with Gasteiger partial charge in [0.25, 0.3) is 7.82 Å². The predicted molar refractivity (Wildman–Crippen MR) is 316 cm³/mol. The lowest BCUT2D eigenvalue weighted by Crippen LogP contribution is -2.47. The summed E-state index contributed by atoms with van der Waals surface area (Å²) in [5.41, 5.74) is 0. The van der Waals surface area contributed by atoms with Crippen LogP contribution in [0.25, 0.3) is 0 Å². The van der Waals surface area contributed by atoms with Crippen molar-refractivity contribution in [1.29, 1.82) is 0 Å². The lowest BCUT2D eigenvalue weighted by Gasteiger charge is -2.30. The van der Waals surface area contributed by atoms with Crippen molar-refractivity contribution in [3.63, 3.8) is 0 Å². The van der Waals surface area contributed by atoms with Crippen LogP contribution in [0.15, 0.2) is 97.2 Å². The van der Waals surface area contributed by atoms with Gasteiger partial charge in [0.05, 0.1) is 33.8 Å². The van der Waals surface area contributed by atoms with Gasteiger partial charge in [0.15, 0.2) is 0 Å². The zero-order chi connectivity index (χ0) is 54.3. The Morgan fingerprint density at radius 3 is 1.32 bits per heavy atom. The second-order valence-corrected chi connectivity index (χ2v) is 22.5. The highest BCUT2D eigenvalue weighted by molar-refractivity contribution is 7.45. The number of hydrogen-bond acceptors (Lipinski definition) is 7. The van der Waals surface area contributed by atoms with Crippen LogP contribution in [-0.2, 0) is 27.9 Å². The van der Waals surface area contributed by atoms with Gasteiger partial charge < -0.3 is 28.5 Å². The molecular formula is C64H113N2O7P. The van der Waals surface area contributed by atoms with Gasteiger partial charge in [0.1, 0.15) is 19.3 Å². The average molecular weight is 1050 g/mol. The third kappa shape index (κ3) is 53.7. The smallest absolute Gasteiger partial charge is 0.306 e.